The summed E-state index contributed by atoms with van der Waals surface area (Å²) < 4.78 is 0. The topological polar surface area (TPSA) is 58.1 Å². The number of nitrogens with one attached hydrogen (secondary N) is 1. The van der Waals surface area contributed by atoms with Crippen molar-refractivity contribution in [2.75, 3.05) is 25.5 Å². The Morgan fingerprint density at radius 2 is 2.13 bits per heavy atom. The maximum absolute atomic E-state index is 11.7. The number of nitrogens with zero attached hydrogens (tertiary/aromatic N) is 3. The molecule has 0 aliphatic rings. The molecule has 5 nitrogen and oxygen atoms in total. The molecule has 0 fully saturated rings. The largest absolute Gasteiger partial charge is 0.358 e. The summed E-state index contributed by atoms with van der Waals surface area (Å²) in [4.78, 5) is 26.4. The van der Waals surface area contributed by atoms with Crippen LogP contribution in [0.4, 0.5) is 5.82 Å². The van der Waals surface area contributed by atoms with Gasteiger partial charge < -0.3 is 10.2 Å². The normalized spacial score (nSPS) is 11.0. The lowest BCUT2D eigenvalue weighted by Crippen LogP contribution is -2.33. The Morgan fingerprint density at radius 1 is 1.35 bits per heavy atom. The minimum atomic E-state index is -0.0402. The van der Waals surface area contributed by atoms with Gasteiger partial charge in [0.2, 0.25) is 5.91 Å². The Kier molecular flexibility index (Phi) is 4.32. The van der Waals surface area contributed by atoms with E-state index >= 15 is 0 Å². The number of fused-ring (bicyclic) bond motifs is 1. The van der Waals surface area contributed by atoms with Crippen LogP contribution in [0.5, 0.6) is 0 Å². The van der Waals surface area contributed by atoms with E-state index in [2.05, 4.69) is 19.2 Å². The number of amides is 1. The zero-order valence-electron chi connectivity index (χ0n) is 13.5. The van der Waals surface area contributed by atoms with E-state index in [-0.39, 0.29) is 12.5 Å². The maximum atomic E-state index is 11.7. The van der Waals surface area contributed by atoms with Gasteiger partial charge in [-0.15, -0.1) is 22.7 Å². The second kappa shape index (κ2) is 6.25. The lowest BCUT2D eigenvalue weighted by Gasteiger charge is -2.19. The Morgan fingerprint density at radius 3 is 2.78 bits per heavy atom. The summed E-state index contributed by atoms with van der Waals surface area (Å²) in [6.45, 7) is 4.44. The molecule has 23 heavy (non-hydrogen) atoms. The molecule has 0 saturated heterocycles. The number of hydrogen-bond donors (Lipinski definition) is 1. The molecule has 3 rings (SSSR count). The van der Waals surface area contributed by atoms with Gasteiger partial charge in [-0.3, -0.25) is 4.79 Å². The molecule has 3 aromatic heterocycles. The number of rotatable bonds is 4. The first-order valence-corrected chi connectivity index (χ1v) is 8.94. The zero-order valence-corrected chi connectivity index (χ0v) is 15.1. The van der Waals surface area contributed by atoms with Crippen LogP contribution in [0, 0.1) is 13.8 Å². The van der Waals surface area contributed by atoms with Crippen LogP contribution < -0.4 is 10.2 Å². The molecular formula is C16H18N4OS2. The van der Waals surface area contributed by atoms with Gasteiger partial charge in [0.15, 0.2) is 5.82 Å². The summed E-state index contributed by atoms with van der Waals surface area (Å²) in [5.74, 6) is 1.48. The van der Waals surface area contributed by atoms with Gasteiger partial charge in [0.25, 0.3) is 0 Å². The highest BCUT2D eigenvalue weighted by atomic mass is 32.1. The number of anilines is 1. The molecule has 0 atom stereocenters. The summed E-state index contributed by atoms with van der Waals surface area (Å²) in [6, 6.07) is 4.01. The average Bonchev–Trinajstić information content (AvgIpc) is 3.15. The Balaban J connectivity index is 2.18. The molecule has 3 heterocycles. The van der Waals surface area contributed by atoms with Crippen LogP contribution in [-0.2, 0) is 4.79 Å². The highest BCUT2D eigenvalue weighted by Gasteiger charge is 2.19. The third-order valence-electron chi connectivity index (χ3n) is 3.77. The number of carbonyl (C=O) groups is 1. The molecule has 1 N–H and O–H groups in total. The summed E-state index contributed by atoms with van der Waals surface area (Å²) in [5.41, 5.74) is 1.18. The third-order valence-corrected chi connectivity index (χ3v) is 5.74. The smallest absolute Gasteiger partial charge is 0.239 e. The summed E-state index contributed by atoms with van der Waals surface area (Å²) in [6.07, 6.45) is 0. The SMILES string of the molecule is CNC(=O)CN(C)c1nc(-c2cccs2)nc2sc(C)c(C)c12. The minimum absolute atomic E-state index is 0.0402. The molecule has 0 saturated carbocycles. The highest BCUT2D eigenvalue weighted by Crippen LogP contribution is 2.36. The van der Waals surface area contributed by atoms with Crippen LogP contribution >= 0.6 is 22.7 Å². The number of aromatic nitrogens is 2. The molecular weight excluding hydrogens is 328 g/mol. The molecule has 1 amide bonds. The lowest BCUT2D eigenvalue weighted by molar-refractivity contribution is -0.119. The van der Waals surface area contributed by atoms with Crippen molar-refractivity contribution in [3.8, 4) is 10.7 Å². The molecule has 0 aliphatic carbocycles. The molecule has 0 aliphatic heterocycles. The predicted octanol–water partition coefficient (Wildman–Crippen LogP) is 3.22. The van der Waals surface area contributed by atoms with Gasteiger partial charge in [-0.25, -0.2) is 9.97 Å². The zero-order chi connectivity index (χ0) is 16.6. The summed E-state index contributed by atoms with van der Waals surface area (Å²) in [7, 11) is 3.53. The lowest BCUT2D eigenvalue weighted by atomic mass is 10.2. The molecule has 0 bridgehead atoms. The van der Waals surface area contributed by atoms with Gasteiger partial charge in [0.05, 0.1) is 16.8 Å². The van der Waals surface area contributed by atoms with E-state index in [0.29, 0.717) is 5.82 Å². The fourth-order valence-electron chi connectivity index (χ4n) is 2.39. The van der Waals surface area contributed by atoms with Crippen LogP contribution in [0.2, 0.25) is 0 Å². The number of hydrogen-bond acceptors (Lipinski definition) is 6. The first-order chi connectivity index (χ1) is 11.0. The van der Waals surface area contributed by atoms with Gasteiger partial charge in [-0.05, 0) is 30.9 Å². The van der Waals surface area contributed by atoms with Crippen LogP contribution in [0.15, 0.2) is 17.5 Å². The van der Waals surface area contributed by atoms with Gasteiger partial charge in [0, 0.05) is 19.0 Å². The van der Waals surface area contributed by atoms with E-state index in [1.54, 1.807) is 29.7 Å². The highest BCUT2D eigenvalue weighted by molar-refractivity contribution is 7.19. The number of likely N-dealkylation sites (N-methyl/N-ethyl adjacent to an activating group) is 2. The van der Waals surface area contributed by atoms with Crippen molar-refractivity contribution in [3.63, 3.8) is 0 Å². The second-order valence-electron chi connectivity index (χ2n) is 5.34. The van der Waals surface area contributed by atoms with Crippen LogP contribution in [-0.4, -0.2) is 36.5 Å². The Hall–Kier alpha value is -1.99. The van der Waals surface area contributed by atoms with E-state index < -0.39 is 0 Å². The van der Waals surface area contributed by atoms with E-state index in [0.717, 1.165) is 20.9 Å². The van der Waals surface area contributed by atoms with Crippen molar-refractivity contribution >= 4 is 44.6 Å². The Labute approximate surface area is 143 Å². The standard InChI is InChI=1S/C16H18N4OS2/c1-9-10(2)23-16-13(9)15(20(4)8-12(21)17-3)18-14(19-16)11-6-5-7-22-11/h5-7H,8H2,1-4H3,(H,17,21). The molecule has 0 spiro atoms. The van der Waals surface area contributed by atoms with Gasteiger partial charge in [0.1, 0.15) is 10.6 Å². The van der Waals surface area contributed by atoms with Gasteiger partial charge in [-0.2, -0.15) is 0 Å². The van der Waals surface area contributed by atoms with Crippen LogP contribution in [0.1, 0.15) is 10.4 Å². The molecule has 120 valence electrons. The van der Waals surface area contributed by atoms with Crippen molar-refractivity contribution in [1.82, 2.24) is 15.3 Å². The monoisotopic (exact) mass is 346 g/mol. The first-order valence-electron chi connectivity index (χ1n) is 7.24. The molecule has 3 aromatic rings. The number of thiophene rings is 2. The van der Waals surface area contributed by atoms with Crippen molar-refractivity contribution in [2.45, 2.75) is 13.8 Å². The number of aryl methyl sites for hydroxylation is 2. The van der Waals surface area contributed by atoms with E-state index in [4.69, 9.17) is 9.97 Å². The van der Waals surface area contributed by atoms with Crippen molar-refractivity contribution in [2.24, 2.45) is 0 Å². The van der Waals surface area contributed by atoms with Crippen LogP contribution in [0.3, 0.4) is 0 Å². The predicted molar refractivity (Wildman–Crippen MR) is 97.5 cm³/mol. The van der Waals surface area contributed by atoms with E-state index in [1.807, 2.05) is 29.5 Å². The maximum Gasteiger partial charge on any atom is 0.239 e. The molecule has 7 heteroatoms. The number of carbonyl (C=O) groups excluding carboxylic acids is 1. The second-order valence-corrected chi connectivity index (χ2v) is 7.49. The van der Waals surface area contributed by atoms with E-state index in [1.165, 1.54) is 10.4 Å². The van der Waals surface area contributed by atoms with Gasteiger partial charge in [-0.1, -0.05) is 6.07 Å². The van der Waals surface area contributed by atoms with Crippen molar-refractivity contribution in [3.05, 3.63) is 28.0 Å². The summed E-state index contributed by atoms with van der Waals surface area (Å²) >= 11 is 3.29. The third kappa shape index (κ3) is 2.94. The molecule has 0 unspecified atom stereocenters. The van der Waals surface area contributed by atoms with Crippen LogP contribution in [0.25, 0.3) is 20.9 Å². The minimum Gasteiger partial charge on any atom is -0.358 e. The first kappa shape index (κ1) is 15.9. The van der Waals surface area contributed by atoms with Crippen molar-refractivity contribution in [1.29, 1.82) is 0 Å². The molecule has 0 aromatic carbocycles. The average molecular weight is 346 g/mol. The van der Waals surface area contributed by atoms with E-state index in [9.17, 15) is 4.79 Å². The fourth-order valence-corrected chi connectivity index (χ4v) is 4.07. The Bertz CT molecular complexity index is 855. The summed E-state index contributed by atoms with van der Waals surface area (Å²) in [5, 5.41) is 5.71. The van der Waals surface area contributed by atoms with Crippen molar-refractivity contribution < 1.29 is 4.79 Å². The molecule has 0 radical (unpaired) electrons. The van der Waals surface area contributed by atoms with Gasteiger partial charge >= 0.3 is 0 Å². The quantitative estimate of drug-likeness (QED) is 0.788. The fraction of sp³-hybridized carbons (Fsp3) is 0.312.